The Bertz CT molecular complexity index is 339. The maximum absolute atomic E-state index is 2.47. The molecule has 0 nitrogen and oxygen atoms in total. The Morgan fingerprint density at radius 2 is 2.21 bits per heavy atom. The molecule has 0 atom stereocenters. The Morgan fingerprint density at radius 1 is 1.36 bits per heavy atom. The van der Waals surface area contributed by atoms with Crippen LogP contribution < -0.4 is 0 Å². The predicted octanol–water partition coefficient (Wildman–Crippen LogP) is 3.44. The molecule has 0 N–H and O–H groups in total. The van der Waals surface area contributed by atoms with Crippen LogP contribution in [0.2, 0.25) is 0 Å². The number of hydrogen-bond donors (Lipinski definition) is 0. The number of fused-ring (bicyclic) bond motifs is 1. The number of allylic oxidation sites excluding steroid dienone is 1. The van der Waals surface area contributed by atoms with Crippen LogP contribution >= 0.6 is 0 Å². The average Bonchev–Trinajstić information content (AvgIpc) is 2.63. The van der Waals surface area contributed by atoms with Gasteiger partial charge >= 0.3 is 92.4 Å². The quantitative estimate of drug-likeness (QED) is 0.570. The van der Waals surface area contributed by atoms with Crippen LogP contribution in [0, 0.1) is 0 Å². The van der Waals surface area contributed by atoms with E-state index in [1.165, 1.54) is 30.1 Å². The first kappa shape index (κ1) is 10.0. The second kappa shape index (κ2) is 4.82. The van der Waals surface area contributed by atoms with E-state index < -0.39 is 0 Å². The van der Waals surface area contributed by atoms with Crippen molar-refractivity contribution in [1.29, 1.82) is 0 Å². The summed E-state index contributed by atoms with van der Waals surface area (Å²) in [5, 5.41) is 1.31. The van der Waals surface area contributed by atoms with Gasteiger partial charge in [0.2, 0.25) is 0 Å². The first-order chi connectivity index (χ1) is 6.92. The topological polar surface area (TPSA) is 0 Å². The molecule has 0 spiro atoms. The van der Waals surface area contributed by atoms with Crippen molar-refractivity contribution in [2.75, 3.05) is 0 Å². The summed E-state index contributed by atoms with van der Waals surface area (Å²) in [6.45, 7) is 2.26. The van der Waals surface area contributed by atoms with Gasteiger partial charge in [-0.1, -0.05) is 0 Å². The fourth-order valence-electron chi connectivity index (χ4n) is 1.73. The Kier molecular flexibility index (Phi) is 3.44. The van der Waals surface area contributed by atoms with Crippen LogP contribution in [0.15, 0.2) is 30.3 Å². The van der Waals surface area contributed by atoms with Gasteiger partial charge in [0.25, 0.3) is 0 Å². The Morgan fingerprint density at radius 3 is 3.07 bits per heavy atom. The van der Waals surface area contributed by atoms with Crippen LogP contribution in [0.1, 0.15) is 37.3 Å². The van der Waals surface area contributed by atoms with Crippen molar-refractivity contribution >= 4 is 19.4 Å². The molecule has 1 aliphatic rings. The molecule has 74 valence electrons. The van der Waals surface area contributed by atoms with Gasteiger partial charge in [-0.3, -0.25) is 0 Å². The molecule has 0 bridgehead atoms. The zero-order chi connectivity index (χ0) is 9.80. The van der Waals surface area contributed by atoms with E-state index in [1.54, 1.807) is 10.0 Å². The predicted molar refractivity (Wildman–Crippen MR) is 63.4 cm³/mol. The maximum atomic E-state index is 2.47. The van der Waals surface area contributed by atoms with Crippen LogP contribution in [0.5, 0.6) is 0 Å². The van der Waals surface area contributed by atoms with Gasteiger partial charge in [-0.15, -0.1) is 0 Å². The molecule has 0 saturated carbocycles. The molecule has 1 aromatic rings. The monoisotopic (exact) mass is 252 g/mol. The van der Waals surface area contributed by atoms with Crippen molar-refractivity contribution in [3.05, 3.63) is 41.5 Å². The fraction of sp³-hybridized carbons (Fsp3) is 0.385. The molecule has 0 aliphatic carbocycles. The Labute approximate surface area is 92.6 Å². The summed E-state index contributed by atoms with van der Waals surface area (Å²) in [6, 6.07) is 8.87. The minimum atomic E-state index is 0.706. The van der Waals surface area contributed by atoms with E-state index in [1.807, 2.05) is 0 Å². The van der Waals surface area contributed by atoms with Crippen LogP contribution in [-0.2, 0) is 5.32 Å². The zero-order valence-electron chi connectivity index (χ0n) is 8.62. The molecule has 1 heteroatoms. The summed E-state index contributed by atoms with van der Waals surface area (Å²) in [5.41, 5.74) is 3.10. The SMILES string of the molecule is CCCC/C=C1/[Se]Cc2ccccc21. The van der Waals surface area contributed by atoms with Crippen molar-refractivity contribution in [2.45, 2.75) is 31.5 Å². The van der Waals surface area contributed by atoms with Gasteiger partial charge in [-0.2, -0.15) is 0 Å². The van der Waals surface area contributed by atoms with Gasteiger partial charge in [-0.05, 0) is 0 Å². The van der Waals surface area contributed by atoms with E-state index in [2.05, 4.69) is 37.3 Å². The molecule has 1 aliphatic heterocycles. The zero-order valence-corrected chi connectivity index (χ0v) is 10.3. The van der Waals surface area contributed by atoms with E-state index in [-0.39, 0.29) is 0 Å². The molecule has 0 saturated heterocycles. The molecule has 1 aromatic carbocycles. The standard InChI is InChI=1S/C13H16Se/c1-2-3-4-9-13-12-8-6-5-7-11(12)10-14-13/h5-9H,2-4,10H2,1H3/b13-9+. The molecule has 0 radical (unpaired) electrons. The van der Waals surface area contributed by atoms with Gasteiger partial charge in [0.1, 0.15) is 0 Å². The molecular weight excluding hydrogens is 235 g/mol. The summed E-state index contributed by atoms with van der Waals surface area (Å²) in [7, 11) is 0. The molecule has 0 amide bonds. The van der Waals surface area contributed by atoms with Crippen molar-refractivity contribution in [3.8, 4) is 0 Å². The number of rotatable bonds is 3. The van der Waals surface area contributed by atoms with E-state index >= 15 is 0 Å². The third kappa shape index (κ3) is 2.10. The first-order valence-electron chi connectivity index (χ1n) is 5.33. The van der Waals surface area contributed by atoms with Crippen molar-refractivity contribution in [3.63, 3.8) is 0 Å². The Hall–Kier alpha value is -0.521. The second-order valence-electron chi connectivity index (χ2n) is 3.66. The van der Waals surface area contributed by atoms with E-state index in [4.69, 9.17) is 0 Å². The third-order valence-corrected chi connectivity index (χ3v) is 4.97. The molecule has 14 heavy (non-hydrogen) atoms. The molecule has 0 unspecified atom stereocenters. The summed E-state index contributed by atoms with van der Waals surface area (Å²) >= 11 is 0.706. The molecular formula is C13H16Se. The third-order valence-electron chi connectivity index (χ3n) is 2.55. The number of hydrogen-bond acceptors (Lipinski definition) is 0. The summed E-state index contributed by atoms with van der Waals surface area (Å²) in [6.07, 6.45) is 6.37. The van der Waals surface area contributed by atoms with E-state index in [0.29, 0.717) is 15.0 Å². The first-order valence-corrected chi connectivity index (χ1v) is 7.40. The Balaban J connectivity index is 2.13. The van der Waals surface area contributed by atoms with Crippen LogP contribution in [0.4, 0.5) is 0 Å². The van der Waals surface area contributed by atoms with Gasteiger partial charge < -0.3 is 0 Å². The van der Waals surface area contributed by atoms with Crippen molar-refractivity contribution < 1.29 is 0 Å². The van der Waals surface area contributed by atoms with Gasteiger partial charge in [0, 0.05) is 0 Å². The average molecular weight is 251 g/mol. The van der Waals surface area contributed by atoms with E-state index in [9.17, 15) is 0 Å². The fourth-order valence-corrected chi connectivity index (χ4v) is 4.15. The number of benzene rings is 1. The number of unbranched alkanes of at least 4 members (excludes halogenated alkanes) is 2. The van der Waals surface area contributed by atoms with Crippen LogP contribution in [-0.4, -0.2) is 15.0 Å². The van der Waals surface area contributed by atoms with Crippen LogP contribution in [0.25, 0.3) is 4.47 Å². The minimum absolute atomic E-state index is 0.706. The van der Waals surface area contributed by atoms with Gasteiger partial charge in [0.05, 0.1) is 0 Å². The van der Waals surface area contributed by atoms with Gasteiger partial charge in [0.15, 0.2) is 0 Å². The van der Waals surface area contributed by atoms with Crippen LogP contribution in [0.3, 0.4) is 0 Å². The molecule has 1 heterocycles. The summed E-state index contributed by atoms with van der Waals surface area (Å²) in [4.78, 5) is 0. The summed E-state index contributed by atoms with van der Waals surface area (Å²) < 4.78 is 1.64. The molecule has 0 fully saturated rings. The van der Waals surface area contributed by atoms with Crippen molar-refractivity contribution in [2.24, 2.45) is 0 Å². The molecule has 2 rings (SSSR count). The molecule has 0 aromatic heterocycles. The van der Waals surface area contributed by atoms with E-state index in [0.717, 1.165) is 0 Å². The normalized spacial score (nSPS) is 17.4. The van der Waals surface area contributed by atoms with Gasteiger partial charge in [-0.25, -0.2) is 0 Å². The van der Waals surface area contributed by atoms with Crippen molar-refractivity contribution in [1.82, 2.24) is 0 Å². The second-order valence-corrected chi connectivity index (χ2v) is 5.79. The summed E-state index contributed by atoms with van der Waals surface area (Å²) in [5.74, 6) is 0.